The van der Waals surface area contributed by atoms with Gasteiger partial charge in [-0.15, -0.1) is 0 Å². The third kappa shape index (κ3) is 3.23. The Hall–Kier alpha value is -0.540. The van der Waals surface area contributed by atoms with E-state index in [-0.39, 0.29) is 6.10 Å². The van der Waals surface area contributed by atoms with Crippen molar-refractivity contribution >= 4 is 15.9 Å². The highest BCUT2D eigenvalue weighted by Gasteiger charge is 2.20. The van der Waals surface area contributed by atoms with Gasteiger partial charge < -0.3 is 9.84 Å². The van der Waals surface area contributed by atoms with Crippen LogP contribution in [0.3, 0.4) is 0 Å². The fraction of sp³-hybridized carbons (Fsp3) is 0.571. The van der Waals surface area contributed by atoms with Crippen molar-refractivity contribution in [3.05, 3.63) is 28.2 Å². The Labute approximate surface area is 111 Å². The summed E-state index contributed by atoms with van der Waals surface area (Å²) in [4.78, 5) is 0. The van der Waals surface area contributed by atoms with Gasteiger partial charge in [-0.2, -0.15) is 0 Å². The first-order chi connectivity index (χ1) is 8.20. The molecule has 1 atom stereocenters. The van der Waals surface area contributed by atoms with Crippen LogP contribution < -0.4 is 4.74 Å². The first-order valence-electron chi connectivity index (χ1n) is 6.22. The number of rotatable bonds is 4. The lowest BCUT2D eigenvalue weighted by atomic mass is 9.96. The Morgan fingerprint density at radius 1 is 1.41 bits per heavy atom. The predicted octanol–water partition coefficient (Wildman–Crippen LogP) is 4.07. The highest BCUT2D eigenvalue weighted by molar-refractivity contribution is 9.10. The standard InChI is InChI=1S/C14H19BrO2/c1-17-14-7-6-11(9-12(14)15)13(16)8-10-4-2-3-5-10/h6-7,9-10,13,16H,2-5,8H2,1H3. The fourth-order valence-electron chi connectivity index (χ4n) is 2.59. The molecule has 0 aliphatic heterocycles. The van der Waals surface area contributed by atoms with Crippen LogP contribution in [0.4, 0.5) is 0 Å². The van der Waals surface area contributed by atoms with Gasteiger partial charge in [0.2, 0.25) is 0 Å². The van der Waals surface area contributed by atoms with Gasteiger partial charge in [-0.3, -0.25) is 0 Å². The molecule has 1 aromatic carbocycles. The minimum atomic E-state index is -0.347. The molecule has 0 radical (unpaired) electrons. The molecule has 94 valence electrons. The Kier molecular flexibility index (Phi) is 4.46. The molecule has 3 heteroatoms. The van der Waals surface area contributed by atoms with Crippen LogP contribution >= 0.6 is 15.9 Å². The molecule has 2 rings (SSSR count). The molecule has 0 spiro atoms. The van der Waals surface area contributed by atoms with E-state index in [1.165, 1.54) is 25.7 Å². The maximum Gasteiger partial charge on any atom is 0.133 e. The van der Waals surface area contributed by atoms with Crippen molar-refractivity contribution in [2.24, 2.45) is 5.92 Å². The van der Waals surface area contributed by atoms with Crippen molar-refractivity contribution < 1.29 is 9.84 Å². The molecule has 17 heavy (non-hydrogen) atoms. The van der Waals surface area contributed by atoms with E-state index in [1.807, 2.05) is 18.2 Å². The van der Waals surface area contributed by atoms with Gasteiger partial charge >= 0.3 is 0 Å². The molecule has 0 amide bonds. The summed E-state index contributed by atoms with van der Waals surface area (Å²) >= 11 is 3.45. The maximum absolute atomic E-state index is 10.2. The van der Waals surface area contributed by atoms with Crippen LogP contribution in [0.25, 0.3) is 0 Å². The summed E-state index contributed by atoms with van der Waals surface area (Å²) in [6.45, 7) is 0. The molecule has 1 aromatic rings. The van der Waals surface area contributed by atoms with Crippen LogP contribution in [-0.2, 0) is 0 Å². The zero-order valence-electron chi connectivity index (χ0n) is 10.2. The highest BCUT2D eigenvalue weighted by Crippen LogP contribution is 2.35. The molecule has 0 heterocycles. The first kappa shape index (κ1) is 12.9. The number of hydrogen-bond donors (Lipinski definition) is 1. The minimum absolute atomic E-state index is 0.347. The summed E-state index contributed by atoms with van der Waals surface area (Å²) in [6.07, 6.45) is 5.73. The topological polar surface area (TPSA) is 29.5 Å². The van der Waals surface area contributed by atoms with Crippen molar-refractivity contribution in [3.8, 4) is 5.75 Å². The molecule has 1 fully saturated rings. The van der Waals surface area contributed by atoms with Gasteiger partial charge in [0.25, 0.3) is 0 Å². The quantitative estimate of drug-likeness (QED) is 0.908. The Balaban J connectivity index is 2.02. The minimum Gasteiger partial charge on any atom is -0.496 e. The van der Waals surface area contributed by atoms with Crippen molar-refractivity contribution in [1.82, 2.24) is 0 Å². The molecule has 1 unspecified atom stereocenters. The molecule has 1 aliphatic carbocycles. The van der Waals surface area contributed by atoms with Crippen molar-refractivity contribution in [2.75, 3.05) is 7.11 Å². The molecule has 2 nitrogen and oxygen atoms in total. The van der Waals surface area contributed by atoms with Crippen LogP contribution in [0.2, 0.25) is 0 Å². The SMILES string of the molecule is COc1ccc(C(O)CC2CCCC2)cc1Br. The van der Waals surface area contributed by atoms with Crippen molar-refractivity contribution in [2.45, 2.75) is 38.2 Å². The summed E-state index contributed by atoms with van der Waals surface area (Å²) in [5, 5.41) is 10.2. The van der Waals surface area contributed by atoms with Crippen molar-refractivity contribution in [3.63, 3.8) is 0 Å². The van der Waals surface area contributed by atoms with Crippen LogP contribution in [0.5, 0.6) is 5.75 Å². The van der Waals surface area contributed by atoms with Crippen LogP contribution in [0.15, 0.2) is 22.7 Å². The van der Waals surface area contributed by atoms with Gasteiger partial charge in [0.15, 0.2) is 0 Å². The molecular formula is C14H19BrO2. The van der Waals surface area contributed by atoms with E-state index in [0.717, 1.165) is 22.2 Å². The number of ether oxygens (including phenoxy) is 1. The molecule has 0 aromatic heterocycles. The van der Waals surface area contributed by atoms with E-state index in [4.69, 9.17) is 4.74 Å². The lowest BCUT2D eigenvalue weighted by Crippen LogP contribution is -2.04. The van der Waals surface area contributed by atoms with E-state index in [0.29, 0.717) is 5.92 Å². The average Bonchev–Trinajstić information content (AvgIpc) is 2.81. The number of aliphatic hydroxyl groups is 1. The fourth-order valence-corrected chi connectivity index (χ4v) is 3.15. The second-order valence-corrected chi connectivity index (χ2v) is 5.65. The third-order valence-corrected chi connectivity index (χ3v) is 4.21. The summed E-state index contributed by atoms with van der Waals surface area (Å²) in [7, 11) is 1.65. The van der Waals surface area contributed by atoms with E-state index < -0.39 is 0 Å². The summed E-state index contributed by atoms with van der Waals surface area (Å²) in [5.74, 6) is 1.51. The van der Waals surface area contributed by atoms with Crippen molar-refractivity contribution in [1.29, 1.82) is 0 Å². The molecular weight excluding hydrogens is 280 g/mol. The van der Waals surface area contributed by atoms with Gasteiger partial charge in [-0.1, -0.05) is 31.7 Å². The summed E-state index contributed by atoms with van der Waals surface area (Å²) < 4.78 is 6.09. The van der Waals surface area contributed by atoms with Gasteiger partial charge in [0.1, 0.15) is 5.75 Å². The summed E-state index contributed by atoms with van der Waals surface area (Å²) in [5.41, 5.74) is 0.976. The van der Waals surface area contributed by atoms with Gasteiger partial charge in [0.05, 0.1) is 17.7 Å². The monoisotopic (exact) mass is 298 g/mol. The number of methoxy groups -OCH3 is 1. The second-order valence-electron chi connectivity index (χ2n) is 4.80. The van der Waals surface area contributed by atoms with E-state index in [9.17, 15) is 5.11 Å². The lowest BCUT2D eigenvalue weighted by Gasteiger charge is -2.16. The maximum atomic E-state index is 10.2. The first-order valence-corrected chi connectivity index (χ1v) is 7.01. The smallest absolute Gasteiger partial charge is 0.133 e. The second kappa shape index (κ2) is 5.87. The van der Waals surface area contributed by atoms with E-state index in [1.54, 1.807) is 7.11 Å². The summed E-state index contributed by atoms with van der Waals surface area (Å²) in [6, 6.07) is 5.80. The zero-order valence-corrected chi connectivity index (χ0v) is 11.7. The van der Waals surface area contributed by atoms with Gasteiger partial charge in [0, 0.05) is 0 Å². The number of halogens is 1. The third-order valence-electron chi connectivity index (χ3n) is 3.59. The number of aliphatic hydroxyl groups excluding tert-OH is 1. The molecule has 0 saturated heterocycles. The molecule has 1 N–H and O–H groups in total. The largest absolute Gasteiger partial charge is 0.496 e. The Morgan fingerprint density at radius 2 is 2.12 bits per heavy atom. The van der Waals surface area contributed by atoms with Gasteiger partial charge in [-0.25, -0.2) is 0 Å². The Morgan fingerprint density at radius 3 is 2.71 bits per heavy atom. The molecule has 0 bridgehead atoms. The molecule has 1 saturated carbocycles. The van der Waals surface area contributed by atoms with Crippen LogP contribution in [0.1, 0.15) is 43.8 Å². The van der Waals surface area contributed by atoms with Gasteiger partial charge in [-0.05, 0) is 46.0 Å². The average molecular weight is 299 g/mol. The van der Waals surface area contributed by atoms with E-state index >= 15 is 0 Å². The highest BCUT2D eigenvalue weighted by atomic mass is 79.9. The Bertz CT molecular complexity index is 372. The normalized spacial score (nSPS) is 18.3. The lowest BCUT2D eigenvalue weighted by molar-refractivity contribution is 0.145. The van der Waals surface area contributed by atoms with Crippen LogP contribution in [-0.4, -0.2) is 12.2 Å². The predicted molar refractivity (Wildman–Crippen MR) is 72.2 cm³/mol. The van der Waals surface area contributed by atoms with Crippen LogP contribution in [0, 0.1) is 5.92 Å². The molecule has 1 aliphatic rings. The number of benzene rings is 1. The number of hydrogen-bond acceptors (Lipinski definition) is 2. The van der Waals surface area contributed by atoms with E-state index in [2.05, 4.69) is 15.9 Å². The zero-order chi connectivity index (χ0) is 12.3.